The molecule has 0 aromatic rings. The van der Waals surface area contributed by atoms with Gasteiger partial charge >= 0.3 is 17.9 Å². The number of unbranched alkanes of at least 4 members (excludes halogenated alkanes) is 14. The predicted molar refractivity (Wildman–Crippen MR) is 251 cm³/mol. The minimum Gasteiger partial charge on any atom is -0.462 e. The van der Waals surface area contributed by atoms with E-state index in [1.54, 1.807) is 0 Å². The van der Waals surface area contributed by atoms with Gasteiger partial charge in [-0.1, -0.05) is 182 Å². The Morgan fingerprint density at radius 2 is 0.695 bits per heavy atom. The number of ether oxygens (including phenoxy) is 3. The minimum absolute atomic E-state index is 0.0931. The Morgan fingerprint density at radius 1 is 0.356 bits per heavy atom. The highest BCUT2D eigenvalue weighted by Gasteiger charge is 2.19. The van der Waals surface area contributed by atoms with Gasteiger partial charge in [0, 0.05) is 19.3 Å². The quantitative estimate of drug-likeness (QED) is 0.0265. The Balaban J connectivity index is 4.26. The van der Waals surface area contributed by atoms with Gasteiger partial charge in [0.25, 0.3) is 0 Å². The van der Waals surface area contributed by atoms with Crippen LogP contribution < -0.4 is 0 Å². The van der Waals surface area contributed by atoms with Crippen molar-refractivity contribution in [2.24, 2.45) is 0 Å². The van der Waals surface area contributed by atoms with E-state index in [-0.39, 0.29) is 31.1 Å². The lowest BCUT2D eigenvalue weighted by Gasteiger charge is -2.18. The van der Waals surface area contributed by atoms with Crippen molar-refractivity contribution in [3.8, 4) is 0 Å². The average Bonchev–Trinajstić information content (AvgIpc) is 3.23. The highest BCUT2D eigenvalue weighted by molar-refractivity contribution is 5.71. The molecular weight excluding hydrogens is 733 g/mol. The van der Waals surface area contributed by atoms with Crippen LogP contribution in [0.15, 0.2) is 97.2 Å². The zero-order valence-corrected chi connectivity index (χ0v) is 38.0. The topological polar surface area (TPSA) is 78.9 Å². The summed E-state index contributed by atoms with van der Waals surface area (Å²) in [5, 5.41) is 0. The SMILES string of the molecule is CC/C=C\C/C=C\C/C=C\C/C=C\C/C=C\C/C=C\C/C=C\CCCCCC(=O)OCC(COC(=O)CCCCCCCC)OC(=O)CCCCCCC/C=C\CCC. The number of carbonyl (C=O) groups excluding carboxylic acids is 3. The van der Waals surface area contributed by atoms with Crippen LogP contribution in [0.1, 0.15) is 201 Å². The summed E-state index contributed by atoms with van der Waals surface area (Å²) < 4.78 is 16.6. The minimum atomic E-state index is -0.791. The van der Waals surface area contributed by atoms with E-state index in [1.165, 1.54) is 32.1 Å². The molecule has 334 valence electrons. The first kappa shape index (κ1) is 55.3. The molecule has 0 rings (SSSR count). The first-order chi connectivity index (χ1) is 29.0. The maximum atomic E-state index is 12.6. The molecule has 1 atom stereocenters. The fraction of sp³-hybridized carbons (Fsp3) is 0.642. The van der Waals surface area contributed by atoms with Crippen molar-refractivity contribution in [3.63, 3.8) is 0 Å². The van der Waals surface area contributed by atoms with E-state index in [0.717, 1.165) is 128 Å². The Morgan fingerprint density at radius 3 is 1.14 bits per heavy atom. The molecule has 0 saturated carbocycles. The van der Waals surface area contributed by atoms with Crippen molar-refractivity contribution in [1.82, 2.24) is 0 Å². The maximum Gasteiger partial charge on any atom is 0.306 e. The zero-order valence-electron chi connectivity index (χ0n) is 38.0. The standard InChI is InChI=1S/C53H86O6/c1-4-7-10-13-16-18-20-21-22-23-24-25-26-27-28-29-30-31-32-33-34-36-37-40-43-46-52(55)58-49-50(48-57-51(54)45-42-39-15-12-9-6-3)59-53(56)47-44-41-38-35-19-17-14-11-8-5-2/h7,10-11,14,16,18,21-22,24-25,27-28,30-31,33-34,50H,4-6,8-9,12-13,15,17,19-20,23,26,29,32,35-49H2,1-3H3/b10-7-,14-11-,18-16-,22-21-,25-24-,28-27-,31-30-,34-33-. The van der Waals surface area contributed by atoms with Gasteiger partial charge in [0.1, 0.15) is 13.2 Å². The van der Waals surface area contributed by atoms with Gasteiger partial charge in [-0.15, -0.1) is 0 Å². The summed E-state index contributed by atoms with van der Waals surface area (Å²) in [4.78, 5) is 37.5. The monoisotopic (exact) mass is 819 g/mol. The van der Waals surface area contributed by atoms with E-state index in [9.17, 15) is 14.4 Å². The highest BCUT2D eigenvalue weighted by Crippen LogP contribution is 2.12. The predicted octanol–water partition coefficient (Wildman–Crippen LogP) is 15.4. The van der Waals surface area contributed by atoms with Gasteiger partial charge in [0.15, 0.2) is 6.10 Å². The smallest absolute Gasteiger partial charge is 0.306 e. The van der Waals surface area contributed by atoms with Crippen LogP contribution in [0.5, 0.6) is 0 Å². The molecule has 0 spiro atoms. The van der Waals surface area contributed by atoms with Crippen molar-refractivity contribution >= 4 is 17.9 Å². The van der Waals surface area contributed by atoms with Crippen LogP contribution in [0, 0.1) is 0 Å². The van der Waals surface area contributed by atoms with E-state index in [1.807, 2.05) is 0 Å². The van der Waals surface area contributed by atoms with Gasteiger partial charge < -0.3 is 14.2 Å². The molecule has 0 N–H and O–H groups in total. The number of hydrogen-bond donors (Lipinski definition) is 0. The normalized spacial score (nSPS) is 12.9. The van der Waals surface area contributed by atoms with Gasteiger partial charge in [-0.25, -0.2) is 0 Å². The van der Waals surface area contributed by atoms with Gasteiger partial charge in [0.2, 0.25) is 0 Å². The Kier molecular flexibility index (Phi) is 44.1. The Hall–Kier alpha value is -3.67. The van der Waals surface area contributed by atoms with Crippen LogP contribution in [0.3, 0.4) is 0 Å². The molecule has 0 radical (unpaired) electrons. The van der Waals surface area contributed by atoms with Crippen LogP contribution in [-0.4, -0.2) is 37.2 Å². The van der Waals surface area contributed by atoms with Crippen molar-refractivity contribution in [1.29, 1.82) is 0 Å². The van der Waals surface area contributed by atoms with Crippen LogP contribution in [0.2, 0.25) is 0 Å². The second-order valence-electron chi connectivity index (χ2n) is 15.3. The van der Waals surface area contributed by atoms with Crippen LogP contribution >= 0.6 is 0 Å². The van der Waals surface area contributed by atoms with Crippen molar-refractivity contribution in [3.05, 3.63) is 97.2 Å². The molecule has 0 heterocycles. The van der Waals surface area contributed by atoms with Crippen LogP contribution in [-0.2, 0) is 28.6 Å². The van der Waals surface area contributed by atoms with Gasteiger partial charge in [0.05, 0.1) is 0 Å². The molecule has 0 fully saturated rings. The van der Waals surface area contributed by atoms with Gasteiger partial charge in [-0.05, 0) is 96.3 Å². The molecule has 59 heavy (non-hydrogen) atoms. The number of rotatable bonds is 41. The van der Waals surface area contributed by atoms with Crippen molar-refractivity contribution < 1.29 is 28.6 Å². The summed E-state index contributed by atoms with van der Waals surface area (Å²) in [7, 11) is 0. The molecule has 0 aliphatic heterocycles. The molecule has 0 aromatic carbocycles. The second kappa shape index (κ2) is 47.0. The molecule has 0 bridgehead atoms. The Bertz CT molecular complexity index is 1220. The summed E-state index contributed by atoms with van der Waals surface area (Å²) >= 11 is 0. The zero-order chi connectivity index (χ0) is 43.0. The highest BCUT2D eigenvalue weighted by atomic mass is 16.6. The maximum absolute atomic E-state index is 12.6. The van der Waals surface area contributed by atoms with E-state index in [4.69, 9.17) is 14.2 Å². The van der Waals surface area contributed by atoms with Crippen molar-refractivity contribution in [2.75, 3.05) is 13.2 Å². The number of esters is 3. The molecule has 0 aliphatic carbocycles. The van der Waals surface area contributed by atoms with E-state index in [2.05, 4.69) is 118 Å². The van der Waals surface area contributed by atoms with Crippen LogP contribution in [0.4, 0.5) is 0 Å². The van der Waals surface area contributed by atoms with Crippen LogP contribution in [0.25, 0.3) is 0 Å². The number of carbonyl (C=O) groups is 3. The van der Waals surface area contributed by atoms with E-state index in [0.29, 0.717) is 19.3 Å². The molecule has 1 unspecified atom stereocenters. The molecule has 6 nitrogen and oxygen atoms in total. The number of hydrogen-bond acceptors (Lipinski definition) is 6. The second-order valence-corrected chi connectivity index (χ2v) is 15.3. The lowest BCUT2D eigenvalue weighted by atomic mass is 10.1. The largest absolute Gasteiger partial charge is 0.462 e. The molecule has 0 aromatic heterocycles. The molecule has 0 saturated heterocycles. The molecular formula is C53H86O6. The summed E-state index contributed by atoms with van der Waals surface area (Å²) in [6.07, 6.45) is 61.4. The summed E-state index contributed by atoms with van der Waals surface area (Å²) in [6, 6.07) is 0. The summed E-state index contributed by atoms with van der Waals surface area (Å²) in [5.74, 6) is -0.958. The lowest BCUT2D eigenvalue weighted by Crippen LogP contribution is -2.30. The third-order valence-corrected chi connectivity index (χ3v) is 9.55. The molecule has 0 aliphatic rings. The average molecular weight is 819 g/mol. The third kappa shape index (κ3) is 45.3. The summed E-state index contributed by atoms with van der Waals surface area (Å²) in [6.45, 7) is 6.33. The first-order valence-corrected chi connectivity index (χ1v) is 23.7. The van der Waals surface area contributed by atoms with E-state index >= 15 is 0 Å². The fourth-order valence-corrected chi connectivity index (χ4v) is 6.01. The number of allylic oxidation sites excluding steroid dienone is 16. The van der Waals surface area contributed by atoms with Gasteiger partial charge in [-0.3, -0.25) is 14.4 Å². The summed E-state index contributed by atoms with van der Waals surface area (Å²) in [5.41, 5.74) is 0. The van der Waals surface area contributed by atoms with Gasteiger partial charge in [-0.2, -0.15) is 0 Å². The Labute approximate surface area is 362 Å². The lowest BCUT2D eigenvalue weighted by molar-refractivity contribution is -0.167. The molecule has 0 amide bonds. The fourth-order valence-electron chi connectivity index (χ4n) is 6.01. The first-order valence-electron chi connectivity index (χ1n) is 23.7. The third-order valence-electron chi connectivity index (χ3n) is 9.55. The molecule has 6 heteroatoms. The van der Waals surface area contributed by atoms with Crippen molar-refractivity contribution in [2.45, 2.75) is 207 Å². The van der Waals surface area contributed by atoms with E-state index < -0.39 is 6.10 Å².